The Morgan fingerprint density at radius 3 is 2.69 bits per heavy atom. The van der Waals surface area contributed by atoms with Crippen LogP contribution in [0.25, 0.3) is 0 Å². The first kappa shape index (κ1) is 8.45. The van der Waals surface area contributed by atoms with Crippen molar-refractivity contribution >= 4 is 5.78 Å². The highest BCUT2D eigenvalue weighted by molar-refractivity contribution is 5.84. The highest BCUT2D eigenvalue weighted by atomic mass is 16.5. The minimum atomic E-state index is 0.0856. The fraction of sp³-hybridized carbons (Fsp3) is 0.364. The minimum Gasteiger partial charge on any atom is -0.373 e. The first-order valence-corrected chi connectivity index (χ1v) is 4.50. The van der Waals surface area contributed by atoms with Crippen molar-refractivity contribution in [2.24, 2.45) is 5.92 Å². The predicted molar refractivity (Wildman–Crippen MR) is 49.5 cm³/mol. The topological polar surface area (TPSA) is 26.3 Å². The van der Waals surface area contributed by atoms with Crippen molar-refractivity contribution in [3.63, 3.8) is 0 Å². The van der Waals surface area contributed by atoms with Gasteiger partial charge in [-0.2, -0.15) is 0 Å². The summed E-state index contributed by atoms with van der Waals surface area (Å²) < 4.78 is 5.09. The number of hydrogen-bond acceptors (Lipinski definition) is 2. The molecule has 1 aromatic rings. The Labute approximate surface area is 77.5 Å². The maximum Gasteiger partial charge on any atom is 0.164 e. The van der Waals surface area contributed by atoms with Crippen LogP contribution in [0.3, 0.4) is 0 Å². The molecule has 1 heterocycles. The lowest BCUT2D eigenvalue weighted by molar-refractivity contribution is -0.120. The first-order valence-electron chi connectivity index (χ1n) is 4.50. The van der Waals surface area contributed by atoms with E-state index in [1.165, 1.54) is 5.56 Å². The number of ketones is 1. The van der Waals surface area contributed by atoms with E-state index >= 15 is 0 Å². The van der Waals surface area contributed by atoms with E-state index in [1.807, 2.05) is 30.3 Å². The largest absolute Gasteiger partial charge is 0.373 e. The Morgan fingerprint density at radius 2 is 2.08 bits per heavy atom. The third-order valence-electron chi connectivity index (χ3n) is 2.34. The van der Waals surface area contributed by atoms with Crippen LogP contribution in [-0.2, 0) is 16.0 Å². The smallest absolute Gasteiger partial charge is 0.164 e. The van der Waals surface area contributed by atoms with E-state index in [0.717, 1.165) is 6.42 Å². The lowest BCUT2D eigenvalue weighted by Gasteiger charge is -2.05. The zero-order valence-corrected chi connectivity index (χ0v) is 7.40. The molecule has 13 heavy (non-hydrogen) atoms. The number of Topliss-reactive ketones (excluding diaryl/α,β-unsaturated/α-hetero) is 1. The van der Waals surface area contributed by atoms with Crippen molar-refractivity contribution in [1.29, 1.82) is 0 Å². The first-order chi connectivity index (χ1) is 6.36. The molecule has 1 aliphatic rings. The molecule has 1 aromatic carbocycles. The Bertz CT molecular complexity index is 292. The molecule has 1 unspecified atom stereocenters. The van der Waals surface area contributed by atoms with Crippen LogP contribution in [0.4, 0.5) is 0 Å². The SMILES string of the molecule is O=C1COCC1Cc1ccccc1. The quantitative estimate of drug-likeness (QED) is 0.681. The van der Waals surface area contributed by atoms with Crippen molar-refractivity contribution in [2.75, 3.05) is 13.2 Å². The molecule has 1 atom stereocenters. The normalized spacial score (nSPS) is 22.2. The van der Waals surface area contributed by atoms with Gasteiger partial charge in [-0.25, -0.2) is 0 Å². The Hall–Kier alpha value is -1.15. The number of hydrogen-bond donors (Lipinski definition) is 0. The average Bonchev–Trinajstić information content (AvgIpc) is 2.54. The van der Waals surface area contributed by atoms with Crippen molar-refractivity contribution in [2.45, 2.75) is 6.42 Å². The van der Waals surface area contributed by atoms with Crippen molar-refractivity contribution in [3.8, 4) is 0 Å². The van der Waals surface area contributed by atoms with Gasteiger partial charge in [0.15, 0.2) is 5.78 Å². The number of ether oxygens (including phenoxy) is 1. The number of carbonyl (C=O) groups is 1. The van der Waals surface area contributed by atoms with Gasteiger partial charge in [0, 0.05) is 5.92 Å². The average molecular weight is 176 g/mol. The maximum atomic E-state index is 11.3. The summed E-state index contributed by atoms with van der Waals surface area (Å²) in [6.45, 7) is 0.894. The summed E-state index contributed by atoms with van der Waals surface area (Å²) in [5.74, 6) is 0.325. The maximum absolute atomic E-state index is 11.3. The third kappa shape index (κ3) is 1.95. The molecule has 0 radical (unpaired) electrons. The van der Waals surface area contributed by atoms with Crippen LogP contribution in [0, 0.1) is 5.92 Å². The van der Waals surface area contributed by atoms with Gasteiger partial charge < -0.3 is 4.74 Å². The Balaban J connectivity index is 2.02. The van der Waals surface area contributed by atoms with Crippen LogP contribution >= 0.6 is 0 Å². The molecule has 1 saturated heterocycles. The molecule has 1 aliphatic heterocycles. The van der Waals surface area contributed by atoms with Crippen LogP contribution < -0.4 is 0 Å². The van der Waals surface area contributed by atoms with E-state index in [0.29, 0.717) is 13.2 Å². The Kier molecular flexibility index (Phi) is 2.41. The summed E-state index contributed by atoms with van der Waals surface area (Å²) in [6.07, 6.45) is 0.819. The van der Waals surface area contributed by atoms with Crippen LogP contribution in [0.2, 0.25) is 0 Å². The monoisotopic (exact) mass is 176 g/mol. The molecule has 0 aromatic heterocycles. The zero-order chi connectivity index (χ0) is 9.10. The fourth-order valence-corrected chi connectivity index (χ4v) is 1.58. The van der Waals surface area contributed by atoms with Crippen LogP contribution in [0.5, 0.6) is 0 Å². The molecule has 0 bridgehead atoms. The molecule has 0 saturated carbocycles. The second kappa shape index (κ2) is 3.71. The molecule has 2 nitrogen and oxygen atoms in total. The third-order valence-corrected chi connectivity index (χ3v) is 2.34. The van der Waals surface area contributed by atoms with E-state index in [1.54, 1.807) is 0 Å². The lowest BCUT2D eigenvalue weighted by Crippen LogP contribution is -2.13. The fourth-order valence-electron chi connectivity index (χ4n) is 1.58. The Morgan fingerprint density at radius 1 is 1.31 bits per heavy atom. The van der Waals surface area contributed by atoms with Gasteiger partial charge in [-0.05, 0) is 12.0 Å². The van der Waals surface area contributed by atoms with Gasteiger partial charge in [0.25, 0.3) is 0 Å². The highest BCUT2D eigenvalue weighted by Gasteiger charge is 2.24. The van der Waals surface area contributed by atoms with Gasteiger partial charge in [-0.1, -0.05) is 30.3 Å². The van der Waals surface area contributed by atoms with E-state index < -0.39 is 0 Å². The van der Waals surface area contributed by atoms with E-state index in [9.17, 15) is 4.79 Å². The van der Waals surface area contributed by atoms with Crippen molar-refractivity contribution in [3.05, 3.63) is 35.9 Å². The molecular formula is C11H12O2. The molecule has 2 rings (SSSR count). The summed E-state index contributed by atoms with van der Waals surface area (Å²) in [5.41, 5.74) is 1.21. The van der Waals surface area contributed by atoms with Crippen molar-refractivity contribution in [1.82, 2.24) is 0 Å². The molecule has 0 N–H and O–H groups in total. The van der Waals surface area contributed by atoms with Crippen LogP contribution in [0.1, 0.15) is 5.56 Å². The number of benzene rings is 1. The predicted octanol–water partition coefficient (Wildman–Crippen LogP) is 1.44. The summed E-state index contributed by atoms with van der Waals surface area (Å²) in [5, 5.41) is 0. The van der Waals surface area contributed by atoms with E-state index in [4.69, 9.17) is 4.74 Å². The molecular weight excluding hydrogens is 164 g/mol. The van der Waals surface area contributed by atoms with Crippen LogP contribution in [0.15, 0.2) is 30.3 Å². The molecule has 0 amide bonds. The second-order valence-electron chi connectivity index (χ2n) is 3.37. The summed E-state index contributed by atoms with van der Waals surface area (Å²) in [7, 11) is 0. The number of rotatable bonds is 2. The second-order valence-corrected chi connectivity index (χ2v) is 3.37. The van der Waals surface area contributed by atoms with Gasteiger partial charge >= 0.3 is 0 Å². The minimum absolute atomic E-state index is 0.0856. The molecule has 0 aliphatic carbocycles. The van der Waals surface area contributed by atoms with E-state index in [-0.39, 0.29) is 11.7 Å². The van der Waals surface area contributed by atoms with Gasteiger partial charge in [0.05, 0.1) is 6.61 Å². The zero-order valence-electron chi connectivity index (χ0n) is 7.40. The molecule has 1 fully saturated rings. The highest BCUT2D eigenvalue weighted by Crippen LogP contribution is 2.14. The van der Waals surface area contributed by atoms with Gasteiger partial charge in [0.2, 0.25) is 0 Å². The summed E-state index contributed by atoms with van der Waals surface area (Å²) >= 11 is 0. The van der Waals surface area contributed by atoms with Gasteiger partial charge in [0.1, 0.15) is 6.61 Å². The molecule has 0 spiro atoms. The van der Waals surface area contributed by atoms with E-state index in [2.05, 4.69) is 0 Å². The van der Waals surface area contributed by atoms with Crippen LogP contribution in [-0.4, -0.2) is 19.0 Å². The van der Waals surface area contributed by atoms with Crippen molar-refractivity contribution < 1.29 is 9.53 Å². The molecule has 68 valence electrons. The van der Waals surface area contributed by atoms with Gasteiger partial charge in [-0.15, -0.1) is 0 Å². The summed E-state index contributed by atoms with van der Waals surface area (Å²) in [6, 6.07) is 10.1. The van der Waals surface area contributed by atoms with Gasteiger partial charge in [-0.3, -0.25) is 4.79 Å². The summed E-state index contributed by atoms with van der Waals surface area (Å²) in [4.78, 5) is 11.3. The lowest BCUT2D eigenvalue weighted by atomic mass is 9.98. The molecule has 2 heteroatoms. The standard InChI is InChI=1S/C11H12O2/c12-11-8-13-7-10(11)6-9-4-2-1-3-5-9/h1-5,10H,6-8H2. The number of carbonyl (C=O) groups excluding carboxylic acids is 1.